The highest BCUT2D eigenvalue weighted by atomic mass is 32.1. The fraction of sp³-hybridized carbons (Fsp3) is 0.389. The van der Waals surface area contributed by atoms with Gasteiger partial charge in [0, 0.05) is 25.1 Å². The molecule has 6 nitrogen and oxygen atoms in total. The van der Waals surface area contributed by atoms with E-state index in [-0.39, 0.29) is 11.5 Å². The number of nitrogens with zero attached hydrogens (tertiary/aromatic N) is 2. The largest absolute Gasteiger partial charge is 0.472 e. The van der Waals surface area contributed by atoms with Crippen molar-refractivity contribution in [1.29, 1.82) is 0 Å². The SMILES string of the molecule is Cc1c(C(=O)NCc2ccoc2)sc2nc3n(c(=O)c12)CCCCC3. The Morgan fingerprint density at radius 1 is 1.40 bits per heavy atom. The molecule has 0 bridgehead atoms. The van der Waals surface area contributed by atoms with Crippen LogP contribution < -0.4 is 10.9 Å². The molecule has 1 amide bonds. The summed E-state index contributed by atoms with van der Waals surface area (Å²) in [5, 5.41) is 3.46. The first-order valence-electron chi connectivity index (χ1n) is 8.47. The fourth-order valence-electron chi connectivity index (χ4n) is 3.28. The quantitative estimate of drug-likeness (QED) is 0.782. The summed E-state index contributed by atoms with van der Waals surface area (Å²) in [6, 6.07) is 1.81. The maximum Gasteiger partial charge on any atom is 0.262 e. The number of hydrogen-bond donors (Lipinski definition) is 1. The van der Waals surface area contributed by atoms with Gasteiger partial charge in [0.2, 0.25) is 0 Å². The van der Waals surface area contributed by atoms with Crippen LogP contribution in [-0.4, -0.2) is 15.5 Å². The van der Waals surface area contributed by atoms with E-state index in [1.807, 2.05) is 13.0 Å². The average molecular weight is 357 g/mol. The number of hydrogen-bond acceptors (Lipinski definition) is 5. The van der Waals surface area contributed by atoms with Crippen molar-refractivity contribution in [3.63, 3.8) is 0 Å². The zero-order valence-electron chi connectivity index (χ0n) is 14.0. The lowest BCUT2D eigenvalue weighted by molar-refractivity contribution is 0.0954. The maximum absolute atomic E-state index is 12.9. The van der Waals surface area contributed by atoms with E-state index >= 15 is 0 Å². The highest BCUT2D eigenvalue weighted by Gasteiger charge is 2.22. The molecule has 1 aliphatic heterocycles. The highest BCUT2D eigenvalue weighted by Crippen LogP contribution is 2.28. The molecule has 0 radical (unpaired) electrons. The molecule has 0 fully saturated rings. The summed E-state index contributed by atoms with van der Waals surface area (Å²) in [5.41, 5.74) is 1.61. The van der Waals surface area contributed by atoms with Crippen molar-refractivity contribution in [2.75, 3.05) is 0 Å². The van der Waals surface area contributed by atoms with E-state index < -0.39 is 0 Å². The van der Waals surface area contributed by atoms with Crippen molar-refractivity contribution >= 4 is 27.5 Å². The number of carbonyl (C=O) groups excluding carboxylic acids is 1. The van der Waals surface area contributed by atoms with Crippen LogP contribution in [0.15, 0.2) is 27.8 Å². The standard InChI is InChI=1S/C18H19N3O3S/c1-11-14-17(20-13-5-3-2-4-7-21(13)18(14)23)25-15(11)16(22)19-9-12-6-8-24-10-12/h6,8,10H,2-5,7,9H2,1H3,(H,19,22). The molecule has 1 N–H and O–H groups in total. The topological polar surface area (TPSA) is 77.1 Å². The minimum Gasteiger partial charge on any atom is -0.472 e. The van der Waals surface area contributed by atoms with Gasteiger partial charge in [-0.15, -0.1) is 11.3 Å². The third-order valence-corrected chi connectivity index (χ3v) is 5.84. The van der Waals surface area contributed by atoms with E-state index in [1.165, 1.54) is 11.3 Å². The summed E-state index contributed by atoms with van der Waals surface area (Å²) in [7, 11) is 0. The van der Waals surface area contributed by atoms with Gasteiger partial charge in [-0.1, -0.05) is 6.42 Å². The first-order valence-corrected chi connectivity index (χ1v) is 9.29. The molecule has 0 unspecified atom stereocenters. The second-order valence-electron chi connectivity index (χ2n) is 6.35. The van der Waals surface area contributed by atoms with Gasteiger partial charge in [0.05, 0.1) is 22.8 Å². The second kappa shape index (κ2) is 6.48. The Morgan fingerprint density at radius 3 is 3.08 bits per heavy atom. The minimum absolute atomic E-state index is 0.00969. The van der Waals surface area contributed by atoms with Gasteiger partial charge in [-0.3, -0.25) is 14.2 Å². The smallest absolute Gasteiger partial charge is 0.262 e. The molecule has 1 aliphatic rings. The molecule has 0 atom stereocenters. The molecule has 130 valence electrons. The van der Waals surface area contributed by atoms with E-state index in [0.717, 1.165) is 42.6 Å². The number of thiophene rings is 1. The molecule has 0 aliphatic carbocycles. The number of aromatic nitrogens is 2. The van der Waals surface area contributed by atoms with E-state index in [9.17, 15) is 9.59 Å². The van der Waals surface area contributed by atoms with Crippen molar-refractivity contribution in [3.8, 4) is 0 Å². The summed E-state index contributed by atoms with van der Waals surface area (Å²) >= 11 is 1.30. The van der Waals surface area contributed by atoms with Crippen LogP contribution in [0.5, 0.6) is 0 Å². The second-order valence-corrected chi connectivity index (χ2v) is 7.35. The Labute approximate surface area is 148 Å². The van der Waals surface area contributed by atoms with Crippen LogP contribution in [0.4, 0.5) is 0 Å². The predicted molar refractivity (Wildman–Crippen MR) is 96.1 cm³/mol. The molecule has 0 saturated heterocycles. The number of amides is 1. The fourth-order valence-corrected chi connectivity index (χ4v) is 4.39. The molecule has 3 aromatic heterocycles. The zero-order valence-corrected chi connectivity index (χ0v) is 14.8. The molecule has 0 saturated carbocycles. The summed E-state index contributed by atoms with van der Waals surface area (Å²) in [6.07, 6.45) is 7.18. The van der Waals surface area contributed by atoms with E-state index in [1.54, 1.807) is 17.1 Å². The monoisotopic (exact) mass is 357 g/mol. The van der Waals surface area contributed by atoms with Crippen LogP contribution >= 0.6 is 11.3 Å². The third kappa shape index (κ3) is 2.89. The van der Waals surface area contributed by atoms with Crippen molar-refractivity contribution < 1.29 is 9.21 Å². The number of nitrogens with one attached hydrogen (secondary N) is 1. The van der Waals surface area contributed by atoms with Crippen LogP contribution in [0.2, 0.25) is 0 Å². The maximum atomic E-state index is 12.9. The van der Waals surface area contributed by atoms with Crippen LogP contribution in [0.25, 0.3) is 10.2 Å². The normalized spacial score (nSPS) is 14.3. The Kier molecular flexibility index (Phi) is 4.17. The molecular weight excluding hydrogens is 338 g/mol. The Morgan fingerprint density at radius 2 is 2.28 bits per heavy atom. The van der Waals surface area contributed by atoms with Crippen molar-refractivity contribution in [2.45, 2.75) is 45.7 Å². The number of rotatable bonds is 3. The number of furan rings is 1. The Hall–Kier alpha value is -2.41. The summed E-state index contributed by atoms with van der Waals surface area (Å²) in [4.78, 5) is 31.4. The summed E-state index contributed by atoms with van der Waals surface area (Å²) in [5.74, 6) is 0.669. The first kappa shape index (κ1) is 16.1. The van der Waals surface area contributed by atoms with Gasteiger partial charge in [0.25, 0.3) is 11.5 Å². The lowest BCUT2D eigenvalue weighted by Crippen LogP contribution is -2.25. The Balaban J connectivity index is 1.71. The van der Waals surface area contributed by atoms with Gasteiger partial charge in [-0.25, -0.2) is 4.98 Å². The van der Waals surface area contributed by atoms with E-state index in [2.05, 4.69) is 5.32 Å². The van der Waals surface area contributed by atoms with Gasteiger partial charge < -0.3 is 9.73 Å². The predicted octanol–water partition coefficient (Wildman–Crippen LogP) is 3.02. The average Bonchev–Trinajstić information content (AvgIpc) is 3.15. The molecule has 4 rings (SSSR count). The van der Waals surface area contributed by atoms with Gasteiger partial charge in [0.15, 0.2) is 0 Å². The molecule has 4 heterocycles. The lowest BCUT2D eigenvalue weighted by atomic mass is 10.2. The van der Waals surface area contributed by atoms with Crippen LogP contribution in [0.1, 0.15) is 45.9 Å². The molecule has 0 aromatic carbocycles. The summed E-state index contributed by atoms with van der Waals surface area (Å²) in [6.45, 7) is 2.94. The van der Waals surface area contributed by atoms with Gasteiger partial charge in [0.1, 0.15) is 10.7 Å². The van der Waals surface area contributed by atoms with Crippen molar-refractivity contribution in [3.05, 3.63) is 50.8 Å². The summed E-state index contributed by atoms with van der Waals surface area (Å²) < 4.78 is 6.80. The number of aryl methyl sites for hydroxylation is 2. The molecule has 0 spiro atoms. The first-order chi connectivity index (χ1) is 12.1. The van der Waals surface area contributed by atoms with Crippen molar-refractivity contribution in [1.82, 2.24) is 14.9 Å². The van der Waals surface area contributed by atoms with Crippen LogP contribution in [-0.2, 0) is 19.5 Å². The third-order valence-electron chi connectivity index (χ3n) is 4.65. The minimum atomic E-state index is -0.179. The number of fused-ring (bicyclic) bond motifs is 2. The van der Waals surface area contributed by atoms with Crippen molar-refractivity contribution in [2.24, 2.45) is 0 Å². The Bertz CT molecular complexity index is 985. The van der Waals surface area contributed by atoms with Crippen LogP contribution in [0, 0.1) is 6.92 Å². The van der Waals surface area contributed by atoms with Crippen LogP contribution in [0.3, 0.4) is 0 Å². The number of carbonyl (C=O) groups is 1. The highest BCUT2D eigenvalue weighted by molar-refractivity contribution is 7.20. The van der Waals surface area contributed by atoms with Gasteiger partial charge in [-0.05, 0) is 31.4 Å². The molecule has 25 heavy (non-hydrogen) atoms. The molecule has 7 heteroatoms. The van der Waals surface area contributed by atoms with E-state index in [4.69, 9.17) is 9.40 Å². The van der Waals surface area contributed by atoms with E-state index in [0.29, 0.717) is 28.2 Å². The molecule has 3 aromatic rings. The van der Waals surface area contributed by atoms with Gasteiger partial charge >= 0.3 is 0 Å². The zero-order chi connectivity index (χ0) is 17.4. The van der Waals surface area contributed by atoms with Gasteiger partial charge in [-0.2, -0.15) is 0 Å². The molecular formula is C18H19N3O3S. The lowest BCUT2D eigenvalue weighted by Gasteiger charge is -2.08.